The molecule has 17 heavy (non-hydrogen) atoms. The van der Waals surface area contributed by atoms with Gasteiger partial charge in [-0.1, -0.05) is 13.0 Å². The third kappa shape index (κ3) is 2.97. The van der Waals surface area contributed by atoms with Crippen LogP contribution in [-0.4, -0.2) is 25.1 Å². The molecule has 1 aromatic rings. The van der Waals surface area contributed by atoms with Gasteiger partial charge in [-0.05, 0) is 24.6 Å². The maximum absolute atomic E-state index is 11.4. The molecule has 0 aliphatic carbocycles. The average molecular weight is 238 g/mol. The highest BCUT2D eigenvalue weighted by Crippen LogP contribution is 2.33. The Morgan fingerprint density at radius 1 is 1.35 bits per heavy atom. The summed E-state index contributed by atoms with van der Waals surface area (Å²) < 4.78 is 10.4. The van der Waals surface area contributed by atoms with Crippen LogP contribution in [0, 0.1) is 5.92 Å². The van der Waals surface area contributed by atoms with E-state index in [4.69, 9.17) is 9.47 Å². The van der Waals surface area contributed by atoms with E-state index in [0.717, 1.165) is 5.56 Å². The number of carbonyl (C=O) groups is 1. The molecule has 1 rings (SSSR count). The fraction of sp³-hybridized carbons (Fsp3) is 0.462. The number of phenols is 1. The predicted molar refractivity (Wildman–Crippen MR) is 64.3 cm³/mol. The maximum atomic E-state index is 11.4. The third-order valence-corrected chi connectivity index (χ3v) is 2.88. The lowest BCUT2D eigenvalue weighted by Crippen LogP contribution is -2.18. The number of hydrogen-bond donors (Lipinski definition) is 1. The highest BCUT2D eigenvalue weighted by atomic mass is 16.5. The minimum Gasteiger partial charge on any atom is -0.504 e. The maximum Gasteiger partial charge on any atom is 0.160 e. The van der Waals surface area contributed by atoms with Crippen LogP contribution in [0.2, 0.25) is 0 Å². The minimum atomic E-state index is -0.331. The normalized spacial score (nSPS) is 14.1. The number of rotatable bonds is 5. The molecule has 1 aromatic carbocycles. The first-order valence-corrected chi connectivity index (χ1v) is 5.41. The van der Waals surface area contributed by atoms with Crippen molar-refractivity contribution >= 4 is 5.78 Å². The molecule has 0 heterocycles. The van der Waals surface area contributed by atoms with Crippen molar-refractivity contribution in [3.8, 4) is 11.5 Å². The zero-order chi connectivity index (χ0) is 13.0. The van der Waals surface area contributed by atoms with Crippen molar-refractivity contribution in [3.05, 3.63) is 23.8 Å². The number of ether oxygens (including phenoxy) is 2. The molecule has 0 unspecified atom stereocenters. The number of carbonyl (C=O) groups excluding carboxylic acids is 1. The number of aromatic hydroxyl groups is 1. The summed E-state index contributed by atoms with van der Waals surface area (Å²) in [5.74, 6) is 0.264. The molecular formula is C13H18O4. The summed E-state index contributed by atoms with van der Waals surface area (Å²) in [7, 11) is 3.04. The summed E-state index contributed by atoms with van der Waals surface area (Å²) in [6.07, 6.45) is -0.331. The van der Waals surface area contributed by atoms with E-state index in [1.165, 1.54) is 20.1 Å². The Kier molecular flexibility index (Phi) is 4.52. The molecule has 0 spiro atoms. The van der Waals surface area contributed by atoms with Crippen molar-refractivity contribution < 1.29 is 19.4 Å². The van der Waals surface area contributed by atoms with Crippen molar-refractivity contribution in [1.82, 2.24) is 0 Å². The van der Waals surface area contributed by atoms with Gasteiger partial charge in [-0.3, -0.25) is 4.79 Å². The van der Waals surface area contributed by atoms with E-state index < -0.39 is 0 Å². The molecule has 0 bridgehead atoms. The van der Waals surface area contributed by atoms with Crippen LogP contribution >= 0.6 is 0 Å². The lowest BCUT2D eigenvalue weighted by Gasteiger charge is -2.21. The van der Waals surface area contributed by atoms with Crippen molar-refractivity contribution in [2.75, 3.05) is 14.2 Å². The molecule has 0 saturated heterocycles. The highest BCUT2D eigenvalue weighted by molar-refractivity contribution is 5.78. The Balaban J connectivity index is 3.08. The fourth-order valence-electron chi connectivity index (χ4n) is 1.71. The summed E-state index contributed by atoms with van der Waals surface area (Å²) in [5, 5.41) is 9.50. The monoisotopic (exact) mass is 238 g/mol. The van der Waals surface area contributed by atoms with E-state index in [1.54, 1.807) is 19.2 Å². The summed E-state index contributed by atoms with van der Waals surface area (Å²) >= 11 is 0. The van der Waals surface area contributed by atoms with Crippen LogP contribution in [-0.2, 0) is 9.53 Å². The summed E-state index contributed by atoms with van der Waals surface area (Å²) in [6.45, 7) is 3.35. The van der Waals surface area contributed by atoms with Crippen molar-refractivity contribution in [1.29, 1.82) is 0 Å². The number of phenolic OH excluding ortho intramolecular Hbond substituents is 1. The van der Waals surface area contributed by atoms with Gasteiger partial charge in [0.2, 0.25) is 0 Å². The van der Waals surface area contributed by atoms with Gasteiger partial charge in [-0.25, -0.2) is 0 Å². The van der Waals surface area contributed by atoms with Gasteiger partial charge in [0.25, 0.3) is 0 Å². The molecule has 4 heteroatoms. The van der Waals surface area contributed by atoms with Crippen LogP contribution in [0.25, 0.3) is 0 Å². The van der Waals surface area contributed by atoms with Gasteiger partial charge in [-0.2, -0.15) is 0 Å². The molecule has 1 N–H and O–H groups in total. The predicted octanol–water partition coefficient (Wildman–Crippen LogP) is 2.31. The average Bonchev–Trinajstić information content (AvgIpc) is 2.31. The number of hydrogen-bond acceptors (Lipinski definition) is 4. The van der Waals surface area contributed by atoms with E-state index in [0.29, 0.717) is 5.75 Å². The number of ketones is 1. The molecule has 2 atom stereocenters. The van der Waals surface area contributed by atoms with Gasteiger partial charge in [-0.15, -0.1) is 0 Å². The summed E-state index contributed by atoms with van der Waals surface area (Å²) in [4.78, 5) is 11.4. The Bertz CT molecular complexity index is 400. The second-order valence-corrected chi connectivity index (χ2v) is 3.99. The lowest BCUT2D eigenvalue weighted by molar-refractivity contribution is -0.124. The Morgan fingerprint density at radius 3 is 2.47 bits per heavy atom. The van der Waals surface area contributed by atoms with E-state index in [-0.39, 0.29) is 23.6 Å². The van der Waals surface area contributed by atoms with Crippen LogP contribution in [0.3, 0.4) is 0 Å². The number of benzene rings is 1. The van der Waals surface area contributed by atoms with E-state index in [2.05, 4.69) is 0 Å². The van der Waals surface area contributed by atoms with E-state index in [9.17, 15) is 9.90 Å². The number of Topliss-reactive ketones (excluding diaryl/α,β-unsaturated/α-hetero) is 1. The smallest absolute Gasteiger partial charge is 0.160 e. The zero-order valence-corrected chi connectivity index (χ0v) is 10.6. The molecule has 94 valence electrons. The largest absolute Gasteiger partial charge is 0.504 e. The van der Waals surface area contributed by atoms with Crippen LogP contribution < -0.4 is 4.74 Å². The fourth-order valence-corrected chi connectivity index (χ4v) is 1.71. The minimum absolute atomic E-state index is 0.0592. The Morgan fingerprint density at radius 2 is 2.00 bits per heavy atom. The highest BCUT2D eigenvalue weighted by Gasteiger charge is 2.23. The van der Waals surface area contributed by atoms with E-state index >= 15 is 0 Å². The van der Waals surface area contributed by atoms with Crippen LogP contribution in [0.4, 0.5) is 0 Å². The van der Waals surface area contributed by atoms with Gasteiger partial charge in [0.15, 0.2) is 11.5 Å². The first-order chi connectivity index (χ1) is 8.01. The Labute approximate surface area is 101 Å². The second-order valence-electron chi connectivity index (χ2n) is 3.99. The third-order valence-electron chi connectivity index (χ3n) is 2.88. The molecule has 0 radical (unpaired) electrons. The zero-order valence-electron chi connectivity index (χ0n) is 10.6. The quantitative estimate of drug-likeness (QED) is 0.855. The van der Waals surface area contributed by atoms with Gasteiger partial charge < -0.3 is 14.6 Å². The summed E-state index contributed by atoms with van der Waals surface area (Å²) in [5.41, 5.74) is 0.810. The molecular weight excluding hydrogens is 220 g/mol. The molecule has 0 aliphatic rings. The van der Waals surface area contributed by atoms with Crippen molar-refractivity contribution in [2.24, 2.45) is 5.92 Å². The first kappa shape index (κ1) is 13.5. The number of methoxy groups -OCH3 is 2. The van der Waals surface area contributed by atoms with Gasteiger partial charge in [0.1, 0.15) is 5.78 Å². The van der Waals surface area contributed by atoms with E-state index in [1.807, 2.05) is 6.92 Å². The molecule has 0 fully saturated rings. The van der Waals surface area contributed by atoms with Crippen LogP contribution in [0.1, 0.15) is 25.5 Å². The summed E-state index contributed by atoms with van der Waals surface area (Å²) in [6, 6.07) is 4.95. The topological polar surface area (TPSA) is 55.8 Å². The second kappa shape index (κ2) is 5.68. The van der Waals surface area contributed by atoms with Crippen molar-refractivity contribution in [3.63, 3.8) is 0 Å². The molecule has 0 aliphatic heterocycles. The molecule has 0 amide bonds. The SMILES string of the molecule is COc1cc([C@@H](OC)[C@@H](C)C(C)=O)ccc1O. The standard InChI is InChI=1S/C13H18O4/c1-8(9(2)14)13(17-4)10-5-6-11(15)12(7-10)16-3/h5-8,13,15H,1-4H3/t8-,13-/m0/s1. The Hall–Kier alpha value is -1.55. The van der Waals surface area contributed by atoms with Gasteiger partial charge in [0, 0.05) is 13.0 Å². The lowest BCUT2D eigenvalue weighted by atomic mass is 9.94. The molecule has 4 nitrogen and oxygen atoms in total. The van der Waals surface area contributed by atoms with Crippen LogP contribution in [0.15, 0.2) is 18.2 Å². The molecule has 0 saturated carbocycles. The van der Waals surface area contributed by atoms with Gasteiger partial charge >= 0.3 is 0 Å². The van der Waals surface area contributed by atoms with Crippen LogP contribution in [0.5, 0.6) is 11.5 Å². The van der Waals surface area contributed by atoms with Gasteiger partial charge in [0.05, 0.1) is 13.2 Å². The molecule has 0 aromatic heterocycles. The first-order valence-electron chi connectivity index (χ1n) is 5.41. The van der Waals surface area contributed by atoms with Crippen molar-refractivity contribution in [2.45, 2.75) is 20.0 Å².